The molecule has 2 heterocycles. The molecular weight excluding hydrogens is 398 g/mol. The monoisotopic (exact) mass is 415 g/mol. The third-order valence-electron chi connectivity index (χ3n) is 4.97. The molecule has 1 aliphatic rings. The summed E-state index contributed by atoms with van der Waals surface area (Å²) in [4.78, 5) is 32.8. The van der Waals surface area contributed by atoms with Gasteiger partial charge in [-0.3, -0.25) is 14.9 Å². The fraction of sp³-hybridized carbons (Fsp3) is 0.300. The number of nitrogens with one attached hydrogen (secondary N) is 1. The Balaban J connectivity index is 1.76. The van der Waals surface area contributed by atoms with Crippen LogP contribution in [0.3, 0.4) is 0 Å². The molecule has 4 rings (SSSR count). The molecule has 2 aromatic heterocycles. The first kappa shape index (κ1) is 18.8. The van der Waals surface area contributed by atoms with Crippen molar-refractivity contribution in [2.45, 2.75) is 39.0 Å². The van der Waals surface area contributed by atoms with Crippen molar-refractivity contribution in [2.24, 2.45) is 0 Å². The Morgan fingerprint density at radius 2 is 2.18 bits per heavy atom. The average molecular weight is 416 g/mol. The van der Waals surface area contributed by atoms with Crippen LogP contribution in [0.5, 0.6) is 0 Å². The van der Waals surface area contributed by atoms with Gasteiger partial charge in [-0.05, 0) is 42.4 Å². The highest BCUT2D eigenvalue weighted by Crippen LogP contribution is 2.35. The molecule has 0 saturated carbocycles. The molecule has 0 bridgehead atoms. The van der Waals surface area contributed by atoms with Crippen LogP contribution in [0.4, 0.5) is 5.69 Å². The molecule has 1 aliphatic carbocycles. The Bertz CT molecular complexity index is 1190. The fourth-order valence-electron chi connectivity index (χ4n) is 3.63. The summed E-state index contributed by atoms with van der Waals surface area (Å²) in [5.41, 5.74) is 2.23. The molecule has 0 radical (unpaired) electrons. The maximum Gasteiger partial charge on any atom is 0.273 e. The van der Waals surface area contributed by atoms with E-state index < -0.39 is 0 Å². The SMILES string of the molecule is CC(C)c1ccc(/C=C(\Cl)c2nc3sc4c(c3c(=O)[nH]2)CCC4)cc1[N+](=O)[O-]. The molecule has 6 nitrogen and oxygen atoms in total. The van der Waals surface area contributed by atoms with Gasteiger partial charge in [-0.25, -0.2) is 4.98 Å². The minimum absolute atomic E-state index is 0.0371. The first-order valence-corrected chi connectivity index (χ1v) is 10.2. The molecule has 3 aromatic rings. The molecule has 0 spiro atoms. The summed E-state index contributed by atoms with van der Waals surface area (Å²) >= 11 is 7.95. The van der Waals surface area contributed by atoms with Crippen LogP contribution < -0.4 is 5.56 Å². The van der Waals surface area contributed by atoms with Gasteiger partial charge in [0.25, 0.3) is 11.2 Å². The molecule has 0 aliphatic heterocycles. The first-order valence-electron chi connectivity index (χ1n) is 9.05. The lowest BCUT2D eigenvalue weighted by Crippen LogP contribution is -2.10. The van der Waals surface area contributed by atoms with Crippen molar-refractivity contribution in [3.05, 3.63) is 66.1 Å². The van der Waals surface area contributed by atoms with Crippen molar-refractivity contribution in [1.29, 1.82) is 0 Å². The topological polar surface area (TPSA) is 88.9 Å². The lowest BCUT2D eigenvalue weighted by atomic mass is 9.99. The lowest BCUT2D eigenvalue weighted by molar-refractivity contribution is -0.385. The molecule has 0 unspecified atom stereocenters. The van der Waals surface area contributed by atoms with E-state index in [1.54, 1.807) is 29.5 Å². The first-order chi connectivity index (χ1) is 13.3. The molecule has 0 fully saturated rings. The van der Waals surface area contributed by atoms with Gasteiger partial charge >= 0.3 is 0 Å². The second-order valence-electron chi connectivity index (χ2n) is 7.17. The third-order valence-corrected chi connectivity index (χ3v) is 6.44. The van der Waals surface area contributed by atoms with Crippen LogP contribution >= 0.6 is 22.9 Å². The highest BCUT2D eigenvalue weighted by molar-refractivity contribution is 7.18. The van der Waals surface area contributed by atoms with E-state index in [-0.39, 0.29) is 32.9 Å². The standard InChI is InChI=1S/C20H18ClN3O3S/c1-10(2)12-7-6-11(9-15(12)24(26)27)8-14(21)18-22-19(25)17-13-4-3-5-16(13)28-20(17)23-18/h6-10H,3-5H2,1-2H3,(H,22,23,25)/b14-8-. The van der Waals surface area contributed by atoms with Crippen LogP contribution in [0.15, 0.2) is 23.0 Å². The van der Waals surface area contributed by atoms with E-state index in [2.05, 4.69) is 9.97 Å². The van der Waals surface area contributed by atoms with E-state index in [0.29, 0.717) is 21.3 Å². The largest absolute Gasteiger partial charge is 0.305 e. The maximum atomic E-state index is 12.6. The van der Waals surface area contributed by atoms with E-state index in [1.165, 1.54) is 10.9 Å². The normalized spacial score (nSPS) is 14.1. The number of nitro groups is 1. The van der Waals surface area contributed by atoms with Gasteiger partial charge in [0.15, 0.2) is 5.82 Å². The Kier molecular flexibility index (Phi) is 4.81. The summed E-state index contributed by atoms with van der Waals surface area (Å²) in [6.45, 7) is 3.82. The minimum Gasteiger partial charge on any atom is -0.305 e. The predicted molar refractivity (Wildman–Crippen MR) is 113 cm³/mol. The van der Waals surface area contributed by atoms with Crippen molar-refractivity contribution < 1.29 is 4.92 Å². The number of aromatic amines is 1. The van der Waals surface area contributed by atoms with Crippen LogP contribution in [-0.4, -0.2) is 14.9 Å². The summed E-state index contributed by atoms with van der Waals surface area (Å²) in [6.07, 6.45) is 4.56. The van der Waals surface area contributed by atoms with Gasteiger partial charge in [0.1, 0.15) is 4.83 Å². The minimum atomic E-state index is -0.389. The molecule has 0 amide bonds. The van der Waals surface area contributed by atoms with Gasteiger partial charge in [0, 0.05) is 16.5 Å². The summed E-state index contributed by atoms with van der Waals surface area (Å²) in [6, 6.07) is 5.01. The molecule has 1 aromatic carbocycles. The molecule has 1 N–H and O–H groups in total. The van der Waals surface area contributed by atoms with Crippen LogP contribution in [0.25, 0.3) is 21.3 Å². The number of nitrogens with zero attached hydrogens (tertiary/aromatic N) is 2. The molecule has 28 heavy (non-hydrogen) atoms. The van der Waals surface area contributed by atoms with Gasteiger partial charge in [0.05, 0.1) is 15.3 Å². The van der Waals surface area contributed by atoms with Gasteiger partial charge in [-0.2, -0.15) is 0 Å². The number of aryl methyl sites for hydroxylation is 2. The number of aromatic nitrogens is 2. The van der Waals surface area contributed by atoms with E-state index in [1.807, 2.05) is 13.8 Å². The van der Waals surface area contributed by atoms with Gasteiger partial charge in [-0.15, -0.1) is 11.3 Å². The van der Waals surface area contributed by atoms with Crippen molar-refractivity contribution >= 4 is 50.0 Å². The Labute approximate surface area is 170 Å². The van der Waals surface area contributed by atoms with Crippen molar-refractivity contribution in [2.75, 3.05) is 0 Å². The smallest absolute Gasteiger partial charge is 0.273 e. The number of hydrogen-bond acceptors (Lipinski definition) is 5. The summed E-state index contributed by atoms with van der Waals surface area (Å²) in [5, 5.41) is 12.3. The lowest BCUT2D eigenvalue weighted by Gasteiger charge is -2.07. The number of halogens is 1. The van der Waals surface area contributed by atoms with Gasteiger partial charge in [-0.1, -0.05) is 37.6 Å². The summed E-state index contributed by atoms with van der Waals surface area (Å²) in [5.74, 6) is 0.310. The van der Waals surface area contributed by atoms with Gasteiger partial charge in [0.2, 0.25) is 0 Å². The highest BCUT2D eigenvalue weighted by atomic mass is 35.5. The molecular formula is C20H18ClN3O3S. The number of benzene rings is 1. The van der Waals surface area contributed by atoms with Crippen LogP contribution in [0, 0.1) is 10.1 Å². The number of fused-ring (bicyclic) bond motifs is 3. The van der Waals surface area contributed by atoms with Crippen LogP contribution in [0.2, 0.25) is 0 Å². The number of nitro benzene ring substituents is 1. The number of H-pyrrole nitrogens is 1. The maximum absolute atomic E-state index is 12.6. The summed E-state index contributed by atoms with van der Waals surface area (Å²) < 4.78 is 0. The Morgan fingerprint density at radius 3 is 2.89 bits per heavy atom. The molecule has 144 valence electrons. The van der Waals surface area contributed by atoms with E-state index in [0.717, 1.165) is 24.8 Å². The van der Waals surface area contributed by atoms with Crippen molar-refractivity contribution in [3.8, 4) is 0 Å². The predicted octanol–water partition coefficient (Wildman–Crippen LogP) is 5.24. The zero-order chi connectivity index (χ0) is 20.0. The van der Waals surface area contributed by atoms with Crippen LogP contribution in [0.1, 0.15) is 53.6 Å². The quantitative estimate of drug-likeness (QED) is 0.466. The van der Waals surface area contributed by atoms with Crippen molar-refractivity contribution in [1.82, 2.24) is 9.97 Å². The zero-order valence-corrected chi connectivity index (χ0v) is 17.0. The van der Waals surface area contributed by atoms with E-state index in [9.17, 15) is 14.9 Å². The van der Waals surface area contributed by atoms with E-state index >= 15 is 0 Å². The second-order valence-corrected chi connectivity index (χ2v) is 8.67. The number of thiophene rings is 1. The molecule has 8 heteroatoms. The average Bonchev–Trinajstić information content (AvgIpc) is 3.21. The zero-order valence-electron chi connectivity index (χ0n) is 15.4. The van der Waals surface area contributed by atoms with E-state index in [4.69, 9.17) is 11.6 Å². The Hall–Kier alpha value is -2.51. The second kappa shape index (κ2) is 7.14. The molecule has 0 atom stereocenters. The molecule has 0 saturated heterocycles. The van der Waals surface area contributed by atoms with Crippen molar-refractivity contribution in [3.63, 3.8) is 0 Å². The summed E-state index contributed by atoms with van der Waals surface area (Å²) in [7, 11) is 0. The Morgan fingerprint density at radius 1 is 1.39 bits per heavy atom. The third kappa shape index (κ3) is 3.25. The highest BCUT2D eigenvalue weighted by Gasteiger charge is 2.22. The van der Waals surface area contributed by atoms with Gasteiger partial charge < -0.3 is 4.98 Å². The van der Waals surface area contributed by atoms with Crippen LogP contribution in [-0.2, 0) is 12.8 Å². The fourth-order valence-corrected chi connectivity index (χ4v) is 5.10. The number of rotatable bonds is 4. The number of hydrogen-bond donors (Lipinski definition) is 1.